The number of fused-ring (bicyclic) bond motifs is 1. The van der Waals surface area contributed by atoms with E-state index in [9.17, 15) is 32.6 Å². The van der Waals surface area contributed by atoms with Gasteiger partial charge in [-0.05, 0) is 61.7 Å². The Morgan fingerprint density at radius 2 is 1.92 bits per heavy atom. The molecule has 1 aromatic heterocycles. The van der Waals surface area contributed by atoms with Gasteiger partial charge in [-0.25, -0.2) is 4.39 Å². The maximum absolute atomic E-state index is 14.1. The zero-order valence-corrected chi connectivity index (χ0v) is 20.1. The second-order valence-electron chi connectivity index (χ2n) is 9.41. The van der Waals surface area contributed by atoms with Crippen LogP contribution < -0.4 is 15.4 Å². The first-order chi connectivity index (χ1) is 17.6. The molecule has 5 rings (SSSR count). The molecule has 2 aromatic carbocycles. The van der Waals surface area contributed by atoms with Crippen molar-refractivity contribution in [3.05, 3.63) is 69.3 Å². The van der Waals surface area contributed by atoms with Gasteiger partial charge >= 0.3 is 6.18 Å². The zero-order chi connectivity index (χ0) is 26.5. The molecular formula is C26H26F4N4O3. The van der Waals surface area contributed by atoms with E-state index in [1.54, 1.807) is 22.8 Å². The topological polar surface area (TPSA) is 81.8 Å². The lowest BCUT2D eigenvalue weighted by molar-refractivity contribution is -0.137. The second kappa shape index (κ2) is 9.46. The van der Waals surface area contributed by atoms with Crippen LogP contribution in [0.1, 0.15) is 23.1 Å². The number of anilines is 2. The molecule has 0 bridgehead atoms. The Morgan fingerprint density at radius 1 is 1.14 bits per heavy atom. The van der Waals surface area contributed by atoms with Gasteiger partial charge in [0.05, 0.1) is 29.7 Å². The minimum atomic E-state index is -4.77. The Hall–Kier alpha value is -3.44. The van der Waals surface area contributed by atoms with Crippen molar-refractivity contribution in [3.8, 4) is 16.9 Å². The third-order valence-corrected chi connectivity index (χ3v) is 6.96. The predicted octanol–water partition coefficient (Wildman–Crippen LogP) is 3.29. The summed E-state index contributed by atoms with van der Waals surface area (Å²) in [6, 6.07) is 7.81. The molecule has 2 aliphatic rings. The molecule has 2 aliphatic heterocycles. The first-order valence-electron chi connectivity index (χ1n) is 12.0. The molecule has 1 saturated heterocycles. The number of rotatable bonds is 5. The van der Waals surface area contributed by atoms with Gasteiger partial charge in [0.25, 0.3) is 5.56 Å². The van der Waals surface area contributed by atoms with Crippen molar-refractivity contribution in [1.82, 2.24) is 9.78 Å². The summed E-state index contributed by atoms with van der Waals surface area (Å²) < 4.78 is 57.2. The summed E-state index contributed by atoms with van der Waals surface area (Å²) in [6.07, 6.45) is -4.47. The van der Waals surface area contributed by atoms with E-state index in [1.165, 1.54) is 24.3 Å². The van der Waals surface area contributed by atoms with E-state index < -0.39 is 34.9 Å². The Balaban J connectivity index is 1.78. The summed E-state index contributed by atoms with van der Waals surface area (Å²) in [5, 5.41) is 23.9. The van der Waals surface area contributed by atoms with Crippen LogP contribution in [-0.4, -0.2) is 58.9 Å². The van der Waals surface area contributed by atoms with Crippen molar-refractivity contribution in [2.24, 2.45) is 0 Å². The predicted molar refractivity (Wildman–Crippen MR) is 131 cm³/mol. The Bertz CT molecular complexity index is 1410. The zero-order valence-electron chi connectivity index (χ0n) is 20.1. The molecule has 0 unspecified atom stereocenters. The third-order valence-electron chi connectivity index (χ3n) is 6.96. The molecule has 196 valence electrons. The number of halogens is 4. The van der Waals surface area contributed by atoms with Crippen LogP contribution >= 0.6 is 0 Å². The molecule has 11 heteroatoms. The van der Waals surface area contributed by atoms with Gasteiger partial charge in [0.2, 0.25) is 0 Å². The van der Waals surface area contributed by atoms with E-state index in [4.69, 9.17) is 0 Å². The van der Waals surface area contributed by atoms with Gasteiger partial charge in [0.15, 0.2) is 0 Å². The van der Waals surface area contributed by atoms with Crippen LogP contribution in [0, 0.1) is 12.7 Å². The van der Waals surface area contributed by atoms with E-state index in [0.717, 1.165) is 10.7 Å². The van der Waals surface area contributed by atoms with Gasteiger partial charge in [-0.2, -0.15) is 23.0 Å². The molecule has 7 nitrogen and oxygen atoms in total. The fourth-order valence-corrected chi connectivity index (χ4v) is 5.11. The summed E-state index contributed by atoms with van der Waals surface area (Å²) in [5.41, 5.74) is 0.0580. The quantitative estimate of drug-likeness (QED) is 0.505. The van der Waals surface area contributed by atoms with Gasteiger partial charge in [-0.1, -0.05) is 0 Å². The van der Waals surface area contributed by atoms with Crippen LogP contribution in [0.2, 0.25) is 0 Å². The number of aliphatic hydroxyl groups excluding tert-OH is 2. The smallest absolute Gasteiger partial charge is 0.395 e. The molecule has 2 N–H and O–H groups in total. The summed E-state index contributed by atoms with van der Waals surface area (Å²) in [4.78, 5) is 17.1. The molecule has 37 heavy (non-hydrogen) atoms. The number of β-amino-alcohol motifs (C(OH)–C–C–N with tert-alkyl or cyclic N) is 2. The fraction of sp³-hybridized carbons (Fsp3) is 0.385. The molecule has 1 fully saturated rings. The minimum Gasteiger partial charge on any atom is -0.395 e. The number of benzene rings is 2. The SMILES string of the molecule is Cc1cc(-c2nn(-c3cc(N4CC[C@H](O)C4)ccc3C(F)(F)F)c(=O)c3c2CCN3CCO)ccc1F. The van der Waals surface area contributed by atoms with Crippen molar-refractivity contribution in [3.63, 3.8) is 0 Å². The number of alkyl halides is 3. The Labute approximate surface area is 210 Å². The van der Waals surface area contributed by atoms with E-state index in [-0.39, 0.29) is 31.1 Å². The summed E-state index contributed by atoms with van der Waals surface area (Å²) >= 11 is 0. The normalized spacial score (nSPS) is 17.5. The molecular weight excluding hydrogens is 492 g/mol. The fourth-order valence-electron chi connectivity index (χ4n) is 5.11. The van der Waals surface area contributed by atoms with Crippen LogP contribution in [0.25, 0.3) is 16.9 Å². The largest absolute Gasteiger partial charge is 0.418 e. The number of aliphatic hydroxyl groups is 2. The average Bonchev–Trinajstić information content (AvgIpc) is 3.47. The highest BCUT2D eigenvalue weighted by atomic mass is 19.4. The molecule has 1 atom stereocenters. The highest BCUT2D eigenvalue weighted by molar-refractivity contribution is 5.73. The van der Waals surface area contributed by atoms with E-state index in [1.807, 2.05) is 0 Å². The highest BCUT2D eigenvalue weighted by Crippen LogP contribution is 2.38. The van der Waals surface area contributed by atoms with Gasteiger partial charge < -0.3 is 20.0 Å². The molecule has 3 aromatic rings. The van der Waals surface area contributed by atoms with E-state index in [0.29, 0.717) is 48.3 Å². The number of hydrogen-bond donors (Lipinski definition) is 2. The van der Waals surface area contributed by atoms with Crippen LogP contribution in [0.3, 0.4) is 0 Å². The number of hydrogen-bond acceptors (Lipinski definition) is 6. The third kappa shape index (κ3) is 4.57. The van der Waals surface area contributed by atoms with Crippen molar-refractivity contribution >= 4 is 11.4 Å². The highest BCUT2D eigenvalue weighted by Gasteiger charge is 2.37. The minimum absolute atomic E-state index is 0.131. The lowest BCUT2D eigenvalue weighted by atomic mass is 10.0. The van der Waals surface area contributed by atoms with E-state index >= 15 is 0 Å². The molecule has 0 aliphatic carbocycles. The Morgan fingerprint density at radius 3 is 2.57 bits per heavy atom. The number of nitrogens with zero attached hydrogens (tertiary/aromatic N) is 4. The second-order valence-corrected chi connectivity index (χ2v) is 9.41. The van der Waals surface area contributed by atoms with Crippen LogP contribution in [0.15, 0.2) is 41.2 Å². The molecule has 0 saturated carbocycles. The molecule has 0 spiro atoms. The monoisotopic (exact) mass is 518 g/mol. The summed E-state index contributed by atoms with van der Waals surface area (Å²) in [7, 11) is 0. The first-order valence-corrected chi connectivity index (χ1v) is 12.0. The average molecular weight is 519 g/mol. The van der Waals surface area contributed by atoms with Gasteiger partial charge in [0.1, 0.15) is 11.5 Å². The maximum atomic E-state index is 14.1. The summed E-state index contributed by atoms with van der Waals surface area (Å²) in [5.74, 6) is -0.435. The van der Waals surface area contributed by atoms with Crippen molar-refractivity contribution in [2.75, 3.05) is 42.6 Å². The number of aromatic nitrogens is 2. The molecule has 0 amide bonds. The van der Waals surface area contributed by atoms with Crippen LogP contribution in [-0.2, 0) is 12.6 Å². The van der Waals surface area contributed by atoms with Crippen LogP contribution in [0.4, 0.5) is 28.9 Å². The Kier molecular flexibility index (Phi) is 6.45. The lowest BCUT2D eigenvalue weighted by Crippen LogP contribution is -2.33. The van der Waals surface area contributed by atoms with Crippen molar-refractivity contribution < 1.29 is 27.8 Å². The first kappa shape index (κ1) is 25.2. The standard InChI is InChI=1S/C26H26F4N4O3/c1-15-12-16(2-5-21(15)27)23-19-7-9-32(10-11-35)24(19)25(37)34(31-23)22-13-17(33-8-6-18(36)14-33)3-4-20(22)26(28,29)30/h2-5,12-13,18,35-36H,6-11,14H2,1H3/t18-/m0/s1. The van der Waals surface area contributed by atoms with Gasteiger partial charge in [-0.15, -0.1) is 0 Å². The van der Waals surface area contributed by atoms with E-state index in [2.05, 4.69) is 5.10 Å². The van der Waals surface area contributed by atoms with Crippen molar-refractivity contribution in [1.29, 1.82) is 0 Å². The van der Waals surface area contributed by atoms with Gasteiger partial charge in [-0.3, -0.25) is 4.79 Å². The van der Waals surface area contributed by atoms with Gasteiger partial charge in [0, 0.05) is 43.0 Å². The van der Waals surface area contributed by atoms with Crippen molar-refractivity contribution in [2.45, 2.75) is 32.0 Å². The maximum Gasteiger partial charge on any atom is 0.418 e. The lowest BCUT2D eigenvalue weighted by Gasteiger charge is -2.23. The summed E-state index contributed by atoms with van der Waals surface area (Å²) in [6.45, 7) is 2.58. The molecule has 3 heterocycles. The molecule has 0 radical (unpaired) electrons. The number of aryl methyl sites for hydroxylation is 1. The van der Waals surface area contributed by atoms with Crippen LogP contribution in [0.5, 0.6) is 0 Å².